The molecule has 2 rings (SSSR count). The van der Waals surface area contributed by atoms with E-state index >= 15 is 0 Å². The third kappa shape index (κ3) is 1.63. The van der Waals surface area contributed by atoms with Gasteiger partial charge in [-0.2, -0.15) is 0 Å². The van der Waals surface area contributed by atoms with Crippen molar-refractivity contribution in [3.8, 4) is 0 Å². The van der Waals surface area contributed by atoms with Crippen LogP contribution in [0.5, 0.6) is 0 Å². The topological polar surface area (TPSA) is 33.3 Å². The maximum absolute atomic E-state index is 6.01. The van der Waals surface area contributed by atoms with Crippen LogP contribution in [0, 0.1) is 0 Å². The monoisotopic (exact) mass is 170 g/mol. The van der Waals surface area contributed by atoms with Crippen molar-refractivity contribution in [3.63, 3.8) is 0 Å². The molecule has 3 nitrogen and oxygen atoms in total. The summed E-state index contributed by atoms with van der Waals surface area (Å²) in [6, 6.07) is 0. The van der Waals surface area contributed by atoms with Gasteiger partial charge in [-0.3, -0.25) is 0 Å². The second-order valence-corrected chi connectivity index (χ2v) is 3.99. The predicted molar refractivity (Wildman–Crippen MR) is 48.3 cm³/mol. The van der Waals surface area contributed by atoms with E-state index in [2.05, 4.69) is 17.6 Å². The molecule has 2 aliphatic heterocycles. The number of hydrogen-bond donors (Lipinski definition) is 2. The van der Waals surface area contributed by atoms with Gasteiger partial charge in [0.25, 0.3) is 0 Å². The Morgan fingerprint density at radius 3 is 2.67 bits per heavy atom. The molecule has 2 N–H and O–H groups in total. The van der Waals surface area contributed by atoms with Crippen molar-refractivity contribution in [2.24, 2.45) is 0 Å². The highest BCUT2D eigenvalue weighted by molar-refractivity contribution is 4.91. The number of piperidine rings is 1. The zero-order valence-corrected chi connectivity index (χ0v) is 7.73. The van der Waals surface area contributed by atoms with Gasteiger partial charge in [0.2, 0.25) is 0 Å². The van der Waals surface area contributed by atoms with E-state index < -0.39 is 0 Å². The van der Waals surface area contributed by atoms with Gasteiger partial charge in [0.15, 0.2) is 0 Å². The first-order valence-corrected chi connectivity index (χ1v) is 4.90. The van der Waals surface area contributed by atoms with Gasteiger partial charge in [0.1, 0.15) is 0 Å². The van der Waals surface area contributed by atoms with Gasteiger partial charge in [-0.15, -0.1) is 0 Å². The third-order valence-electron chi connectivity index (χ3n) is 2.84. The highest BCUT2D eigenvalue weighted by Crippen LogP contribution is 2.26. The molecular weight excluding hydrogens is 152 g/mol. The zero-order chi connectivity index (χ0) is 8.44. The molecule has 0 aromatic rings. The highest BCUT2D eigenvalue weighted by atomic mass is 16.5. The molecule has 0 amide bonds. The Labute approximate surface area is 73.9 Å². The summed E-state index contributed by atoms with van der Waals surface area (Å²) in [7, 11) is 0. The summed E-state index contributed by atoms with van der Waals surface area (Å²) in [4.78, 5) is 0. The highest BCUT2D eigenvalue weighted by Gasteiger charge is 2.36. The van der Waals surface area contributed by atoms with Crippen molar-refractivity contribution in [2.45, 2.75) is 31.5 Å². The Balaban J connectivity index is 1.97. The first kappa shape index (κ1) is 8.48. The van der Waals surface area contributed by atoms with Gasteiger partial charge < -0.3 is 15.4 Å². The third-order valence-corrected chi connectivity index (χ3v) is 2.84. The van der Waals surface area contributed by atoms with Crippen LogP contribution >= 0.6 is 0 Å². The number of morpholine rings is 1. The van der Waals surface area contributed by atoms with Crippen molar-refractivity contribution < 1.29 is 4.74 Å². The summed E-state index contributed by atoms with van der Waals surface area (Å²) in [5.41, 5.74) is 0.156. The molecule has 3 heteroatoms. The van der Waals surface area contributed by atoms with Crippen molar-refractivity contribution in [1.82, 2.24) is 10.6 Å². The molecule has 0 saturated carbocycles. The Morgan fingerprint density at radius 1 is 1.25 bits per heavy atom. The minimum absolute atomic E-state index is 0.156. The fraction of sp³-hybridized carbons (Fsp3) is 1.00. The number of nitrogens with one attached hydrogen (secondary N) is 2. The molecule has 70 valence electrons. The van der Waals surface area contributed by atoms with Crippen LogP contribution in [0.25, 0.3) is 0 Å². The molecule has 0 aliphatic carbocycles. The fourth-order valence-electron chi connectivity index (χ4n) is 2.19. The molecule has 0 aromatic heterocycles. The van der Waals surface area contributed by atoms with Crippen LogP contribution in [0.4, 0.5) is 0 Å². The van der Waals surface area contributed by atoms with E-state index in [1.165, 1.54) is 0 Å². The minimum Gasteiger partial charge on any atom is -0.369 e. The van der Waals surface area contributed by atoms with E-state index in [0.717, 1.165) is 39.0 Å². The first-order valence-electron chi connectivity index (χ1n) is 4.90. The van der Waals surface area contributed by atoms with Gasteiger partial charge in [0, 0.05) is 13.1 Å². The lowest BCUT2D eigenvalue weighted by Gasteiger charge is -2.43. The van der Waals surface area contributed by atoms with Crippen LogP contribution < -0.4 is 10.6 Å². The molecule has 0 aromatic carbocycles. The van der Waals surface area contributed by atoms with Gasteiger partial charge in [-0.05, 0) is 32.9 Å². The SMILES string of the molecule is CC1CNCC2(CCNCC2)O1. The minimum atomic E-state index is 0.156. The normalized spacial score (nSPS) is 35.2. The average Bonchev–Trinajstić information content (AvgIpc) is 2.05. The lowest BCUT2D eigenvalue weighted by Crippen LogP contribution is -2.57. The van der Waals surface area contributed by atoms with Crippen LogP contribution in [-0.4, -0.2) is 37.9 Å². The smallest absolute Gasteiger partial charge is 0.0834 e. The van der Waals surface area contributed by atoms with E-state index in [-0.39, 0.29) is 5.60 Å². The van der Waals surface area contributed by atoms with Crippen LogP contribution in [0.1, 0.15) is 19.8 Å². The number of ether oxygens (including phenoxy) is 1. The zero-order valence-electron chi connectivity index (χ0n) is 7.73. The maximum Gasteiger partial charge on any atom is 0.0834 e. The van der Waals surface area contributed by atoms with Gasteiger partial charge in [-0.25, -0.2) is 0 Å². The Bertz CT molecular complexity index is 149. The Kier molecular flexibility index (Phi) is 2.35. The Hall–Kier alpha value is -0.120. The molecule has 0 radical (unpaired) electrons. The largest absolute Gasteiger partial charge is 0.369 e. The summed E-state index contributed by atoms with van der Waals surface area (Å²) >= 11 is 0. The Morgan fingerprint density at radius 2 is 2.00 bits per heavy atom. The maximum atomic E-state index is 6.01. The summed E-state index contributed by atoms with van der Waals surface area (Å²) < 4.78 is 6.01. The lowest BCUT2D eigenvalue weighted by molar-refractivity contribution is -0.123. The lowest BCUT2D eigenvalue weighted by atomic mass is 9.90. The summed E-state index contributed by atoms with van der Waals surface area (Å²) in [5, 5.41) is 6.81. The number of hydrogen-bond acceptors (Lipinski definition) is 3. The first-order chi connectivity index (χ1) is 5.81. The summed E-state index contributed by atoms with van der Waals surface area (Å²) in [6.45, 7) is 6.41. The van der Waals surface area contributed by atoms with Gasteiger partial charge >= 0.3 is 0 Å². The van der Waals surface area contributed by atoms with E-state index in [1.807, 2.05) is 0 Å². The molecule has 2 heterocycles. The molecule has 1 spiro atoms. The van der Waals surface area contributed by atoms with E-state index in [4.69, 9.17) is 4.74 Å². The van der Waals surface area contributed by atoms with Crippen LogP contribution in [0.3, 0.4) is 0 Å². The average molecular weight is 170 g/mol. The van der Waals surface area contributed by atoms with Crippen LogP contribution in [0.15, 0.2) is 0 Å². The van der Waals surface area contributed by atoms with Gasteiger partial charge in [-0.1, -0.05) is 0 Å². The quantitative estimate of drug-likeness (QED) is 0.541. The van der Waals surface area contributed by atoms with E-state index in [0.29, 0.717) is 6.10 Å². The molecule has 1 atom stereocenters. The molecule has 2 saturated heterocycles. The molecule has 0 bridgehead atoms. The number of rotatable bonds is 0. The standard InChI is InChI=1S/C9H18N2O/c1-8-6-11-7-9(12-8)2-4-10-5-3-9/h8,10-11H,2-7H2,1H3. The van der Waals surface area contributed by atoms with Crippen molar-refractivity contribution in [2.75, 3.05) is 26.2 Å². The van der Waals surface area contributed by atoms with E-state index in [9.17, 15) is 0 Å². The second-order valence-electron chi connectivity index (χ2n) is 3.99. The van der Waals surface area contributed by atoms with E-state index in [1.54, 1.807) is 0 Å². The van der Waals surface area contributed by atoms with Crippen molar-refractivity contribution >= 4 is 0 Å². The molecule has 12 heavy (non-hydrogen) atoms. The van der Waals surface area contributed by atoms with Crippen LogP contribution in [0.2, 0.25) is 0 Å². The van der Waals surface area contributed by atoms with Gasteiger partial charge in [0.05, 0.1) is 11.7 Å². The fourth-order valence-corrected chi connectivity index (χ4v) is 2.19. The second kappa shape index (κ2) is 3.32. The van der Waals surface area contributed by atoms with Crippen LogP contribution in [-0.2, 0) is 4.74 Å². The summed E-state index contributed by atoms with van der Waals surface area (Å²) in [6.07, 6.45) is 2.70. The molecule has 1 unspecified atom stereocenters. The van der Waals surface area contributed by atoms with Crippen molar-refractivity contribution in [3.05, 3.63) is 0 Å². The molecular formula is C9H18N2O. The van der Waals surface area contributed by atoms with Crippen molar-refractivity contribution in [1.29, 1.82) is 0 Å². The predicted octanol–water partition coefficient (Wildman–Crippen LogP) is 0.117. The molecule has 2 aliphatic rings. The molecule has 2 fully saturated rings. The summed E-state index contributed by atoms with van der Waals surface area (Å²) in [5.74, 6) is 0.